The predicted octanol–water partition coefficient (Wildman–Crippen LogP) is 5.20. The lowest BCUT2D eigenvalue weighted by atomic mass is 10.2. The van der Waals surface area contributed by atoms with Gasteiger partial charge in [-0.1, -0.05) is 17.7 Å². The van der Waals surface area contributed by atoms with Crippen LogP contribution in [0.15, 0.2) is 48.5 Å². The zero-order valence-electron chi connectivity index (χ0n) is 16.7. The topological polar surface area (TPSA) is 82.2 Å². The molecule has 0 aliphatic rings. The largest absolute Gasteiger partial charge is 0.363 e. The maximum Gasteiger partial charge on any atom is 0.323 e. The maximum atomic E-state index is 12.2. The van der Waals surface area contributed by atoms with E-state index in [0.717, 1.165) is 22.8 Å². The molecule has 7 nitrogen and oxygen atoms in total. The van der Waals surface area contributed by atoms with E-state index in [-0.39, 0.29) is 6.03 Å². The van der Waals surface area contributed by atoms with Crippen LogP contribution >= 0.6 is 11.6 Å². The van der Waals surface area contributed by atoms with Crippen molar-refractivity contribution in [2.75, 3.05) is 34.9 Å². The third-order valence-electron chi connectivity index (χ3n) is 4.13. The van der Waals surface area contributed by atoms with Crippen LogP contribution in [0.2, 0.25) is 5.02 Å². The first kappa shape index (κ1) is 20.4. The summed E-state index contributed by atoms with van der Waals surface area (Å²) in [6, 6.07) is 14.2. The molecule has 3 aromatic rings. The quantitative estimate of drug-likeness (QED) is 0.538. The molecule has 2 amide bonds. The van der Waals surface area contributed by atoms with Gasteiger partial charge < -0.3 is 20.9 Å². The van der Waals surface area contributed by atoms with E-state index in [0.29, 0.717) is 22.3 Å². The normalized spacial score (nSPS) is 10.4. The van der Waals surface area contributed by atoms with Crippen LogP contribution in [-0.2, 0) is 0 Å². The van der Waals surface area contributed by atoms with Crippen molar-refractivity contribution in [2.24, 2.45) is 0 Å². The first-order chi connectivity index (χ1) is 13.8. The lowest BCUT2D eigenvalue weighted by Crippen LogP contribution is -2.19. The Labute approximate surface area is 175 Å². The highest BCUT2D eigenvalue weighted by Crippen LogP contribution is 2.21. The molecular formula is C21H23ClN6O. The Morgan fingerprint density at radius 1 is 0.897 bits per heavy atom. The maximum absolute atomic E-state index is 12.2. The molecule has 0 atom stereocenters. The molecule has 0 spiro atoms. The summed E-state index contributed by atoms with van der Waals surface area (Å²) in [5.74, 6) is 1.34. The summed E-state index contributed by atoms with van der Waals surface area (Å²) < 4.78 is 0. The first-order valence-corrected chi connectivity index (χ1v) is 9.42. The van der Waals surface area contributed by atoms with Crippen molar-refractivity contribution in [1.29, 1.82) is 0 Å². The third kappa shape index (κ3) is 5.58. The number of nitrogens with one attached hydrogen (secondary N) is 3. The van der Waals surface area contributed by atoms with Crippen molar-refractivity contribution in [3.8, 4) is 0 Å². The number of nitrogens with zero attached hydrogens (tertiary/aromatic N) is 3. The highest BCUT2D eigenvalue weighted by molar-refractivity contribution is 6.31. The van der Waals surface area contributed by atoms with Gasteiger partial charge in [0.25, 0.3) is 0 Å². The molecule has 0 saturated carbocycles. The molecule has 2 aromatic carbocycles. The summed E-state index contributed by atoms with van der Waals surface area (Å²) in [4.78, 5) is 23.0. The first-order valence-electron chi connectivity index (χ1n) is 9.04. The van der Waals surface area contributed by atoms with Crippen molar-refractivity contribution >= 4 is 46.5 Å². The van der Waals surface area contributed by atoms with Crippen LogP contribution in [-0.4, -0.2) is 30.1 Å². The fraction of sp³-hybridized carbons (Fsp3) is 0.190. The minimum Gasteiger partial charge on any atom is -0.363 e. The second-order valence-electron chi connectivity index (χ2n) is 6.83. The van der Waals surface area contributed by atoms with Crippen LogP contribution in [0.25, 0.3) is 0 Å². The summed E-state index contributed by atoms with van der Waals surface area (Å²) >= 11 is 6.09. The Bertz CT molecular complexity index is 1020. The minimum absolute atomic E-state index is 0.344. The van der Waals surface area contributed by atoms with E-state index in [4.69, 9.17) is 11.6 Å². The number of benzene rings is 2. The number of aryl methyl sites for hydroxylation is 2. The Balaban J connectivity index is 1.62. The number of rotatable bonds is 5. The van der Waals surface area contributed by atoms with Crippen molar-refractivity contribution in [1.82, 2.24) is 9.97 Å². The van der Waals surface area contributed by atoms with Crippen LogP contribution in [0, 0.1) is 13.8 Å². The standard InChI is InChI=1S/C21H23ClN6O/c1-13-5-6-17(12-18(13)22)26-21(29)25-16-9-7-15(8-10-16)24-20-23-14(2)11-19(27-20)28(3)4/h5-12H,1-4H3,(H,23,24,27)(H2,25,26,29). The van der Waals surface area contributed by atoms with Crippen molar-refractivity contribution in [3.63, 3.8) is 0 Å². The molecule has 0 saturated heterocycles. The third-order valence-corrected chi connectivity index (χ3v) is 4.53. The molecule has 1 heterocycles. The number of aromatic nitrogens is 2. The van der Waals surface area contributed by atoms with Gasteiger partial charge in [-0.2, -0.15) is 4.98 Å². The van der Waals surface area contributed by atoms with E-state index >= 15 is 0 Å². The van der Waals surface area contributed by atoms with E-state index < -0.39 is 0 Å². The smallest absolute Gasteiger partial charge is 0.323 e. The monoisotopic (exact) mass is 410 g/mol. The van der Waals surface area contributed by atoms with E-state index in [1.54, 1.807) is 24.3 Å². The van der Waals surface area contributed by atoms with Gasteiger partial charge in [-0.05, 0) is 55.8 Å². The predicted molar refractivity (Wildman–Crippen MR) is 120 cm³/mol. The van der Waals surface area contributed by atoms with Crippen molar-refractivity contribution in [2.45, 2.75) is 13.8 Å². The molecule has 0 aliphatic heterocycles. The van der Waals surface area contributed by atoms with Crippen LogP contribution in [0.4, 0.5) is 33.6 Å². The number of hydrogen-bond acceptors (Lipinski definition) is 5. The van der Waals surface area contributed by atoms with Crippen molar-refractivity contribution < 1.29 is 4.79 Å². The second-order valence-corrected chi connectivity index (χ2v) is 7.24. The number of amides is 2. The number of urea groups is 1. The summed E-state index contributed by atoms with van der Waals surface area (Å²) in [7, 11) is 3.86. The molecule has 0 unspecified atom stereocenters. The SMILES string of the molecule is Cc1cc(N(C)C)nc(Nc2ccc(NC(=O)Nc3ccc(C)c(Cl)c3)cc2)n1. The average Bonchev–Trinajstić information content (AvgIpc) is 2.66. The van der Waals surface area contributed by atoms with Gasteiger partial charge in [-0.3, -0.25) is 0 Å². The minimum atomic E-state index is -0.344. The molecule has 0 fully saturated rings. The Kier molecular flexibility index (Phi) is 6.19. The number of hydrogen-bond donors (Lipinski definition) is 3. The molecule has 1 aromatic heterocycles. The van der Waals surface area contributed by atoms with E-state index in [1.807, 2.05) is 57.1 Å². The zero-order chi connectivity index (χ0) is 21.0. The summed E-state index contributed by atoms with van der Waals surface area (Å²) in [6.45, 7) is 3.83. The lowest BCUT2D eigenvalue weighted by Gasteiger charge is -2.14. The van der Waals surface area contributed by atoms with Gasteiger partial charge in [-0.15, -0.1) is 0 Å². The molecular weight excluding hydrogens is 388 g/mol. The van der Waals surface area contributed by atoms with Gasteiger partial charge in [0.05, 0.1) is 0 Å². The van der Waals surface area contributed by atoms with E-state index in [9.17, 15) is 4.79 Å². The fourth-order valence-corrected chi connectivity index (χ4v) is 2.75. The van der Waals surface area contributed by atoms with Gasteiger partial charge in [0.2, 0.25) is 5.95 Å². The average molecular weight is 411 g/mol. The molecule has 0 radical (unpaired) electrons. The number of carbonyl (C=O) groups excluding carboxylic acids is 1. The molecule has 29 heavy (non-hydrogen) atoms. The fourth-order valence-electron chi connectivity index (χ4n) is 2.57. The lowest BCUT2D eigenvalue weighted by molar-refractivity contribution is 0.262. The van der Waals surface area contributed by atoms with Gasteiger partial charge in [0.15, 0.2) is 0 Å². The Morgan fingerprint density at radius 2 is 1.52 bits per heavy atom. The molecule has 3 rings (SSSR count). The Morgan fingerprint density at radius 3 is 2.17 bits per heavy atom. The summed E-state index contributed by atoms with van der Waals surface area (Å²) in [5, 5.41) is 9.34. The summed E-state index contributed by atoms with van der Waals surface area (Å²) in [6.07, 6.45) is 0. The van der Waals surface area contributed by atoms with Gasteiger partial charge in [-0.25, -0.2) is 9.78 Å². The molecule has 8 heteroatoms. The Hall–Kier alpha value is -3.32. The summed E-state index contributed by atoms with van der Waals surface area (Å²) in [5.41, 5.74) is 3.93. The highest BCUT2D eigenvalue weighted by atomic mass is 35.5. The second kappa shape index (κ2) is 8.79. The van der Waals surface area contributed by atoms with Gasteiger partial charge in [0.1, 0.15) is 5.82 Å². The van der Waals surface area contributed by atoms with Gasteiger partial charge >= 0.3 is 6.03 Å². The molecule has 0 bridgehead atoms. The van der Waals surface area contributed by atoms with Crippen LogP contribution < -0.4 is 20.9 Å². The van der Waals surface area contributed by atoms with Crippen LogP contribution in [0.3, 0.4) is 0 Å². The van der Waals surface area contributed by atoms with E-state index in [1.165, 1.54) is 0 Å². The number of anilines is 5. The van der Waals surface area contributed by atoms with Crippen molar-refractivity contribution in [3.05, 3.63) is 64.8 Å². The zero-order valence-corrected chi connectivity index (χ0v) is 17.5. The highest BCUT2D eigenvalue weighted by Gasteiger charge is 2.07. The molecule has 3 N–H and O–H groups in total. The molecule has 150 valence electrons. The van der Waals surface area contributed by atoms with Crippen LogP contribution in [0.1, 0.15) is 11.3 Å². The van der Waals surface area contributed by atoms with Gasteiger partial charge in [0, 0.05) is 47.9 Å². The van der Waals surface area contributed by atoms with Crippen LogP contribution in [0.5, 0.6) is 0 Å². The van der Waals surface area contributed by atoms with E-state index in [2.05, 4.69) is 25.9 Å². The number of carbonyl (C=O) groups is 1. The number of halogens is 1. The molecule has 0 aliphatic carbocycles.